The number of halogens is 1. The van der Waals surface area contributed by atoms with E-state index in [1.165, 1.54) is 51.1 Å². The molecular formula is C44H50ClN11O9. The topological polar surface area (TPSA) is 227 Å². The van der Waals surface area contributed by atoms with Crippen molar-refractivity contribution in [2.75, 3.05) is 69.0 Å². The number of piperidine rings is 1. The molecule has 65 heavy (non-hydrogen) atoms. The molecule has 5 aromatic rings. The van der Waals surface area contributed by atoms with Gasteiger partial charge >= 0.3 is 29.9 Å². The van der Waals surface area contributed by atoms with Crippen LogP contribution in [-0.4, -0.2) is 152 Å². The number of hydrogen-bond donors (Lipinski definition) is 3. The molecule has 21 heteroatoms. The molecule has 2 saturated heterocycles. The molecule has 4 heterocycles. The van der Waals surface area contributed by atoms with Gasteiger partial charge in [0.2, 0.25) is 5.91 Å². The average molecular weight is 912 g/mol. The summed E-state index contributed by atoms with van der Waals surface area (Å²) in [6.07, 6.45) is 1.97. The van der Waals surface area contributed by atoms with Crippen molar-refractivity contribution in [1.29, 1.82) is 0 Å². The maximum absolute atomic E-state index is 14.4. The zero-order valence-corrected chi connectivity index (χ0v) is 37.3. The third kappa shape index (κ3) is 10.9. The highest BCUT2D eigenvalue weighted by Crippen LogP contribution is 2.31. The van der Waals surface area contributed by atoms with Crippen molar-refractivity contribution in [2.24, 2.45) is 0 Å². The molecule has 0 spiro atoms. The highest BCUT2D eigenvalue weighted by molar-refractivity contribution is 6.41. The molecule has 3 N–H and O–H groups in total. The Kier molecular flexibility index (Phi) is 13.8. The van der Waals surface area contributed by atoms with Crippen LogP contribution < -0.4 is 15.5 Å². The monoisotopic (exact) mass is 911 g/mol. The van der Waals surface area contributed by atoms with Gasteiger partial charge in [-0.1, -0.05) is 23.7 Å². The fourth-order valence-corrected chi connectivity index (χ4v) is 7.82. The number of nitrogens with one attached hydrogen (secondary N) is 2. The molecule has 5 amide bonds. The number of rotatable bonds is 13. The largest absolute Gasteiger partial charge is 0.477 e. The second-order valence-corrected chi connectivity index (χ2v) is 17.4. The van der Waals surface area contributed by atoms with E-state index in [9.17, 15) is 33.9 Å². The molecule has 342 valence electrons. The van der Waals surface area contributed by atoms with Crippen LogP contribution in [0, 0.1) is 0 Å². The minimum absolute atomic E-state index is 0.0175. The zero-order chi connectivity index (χ0) is 46.6. The molecule has 2 aliphatic rings. The van der Waals surface area contributed by atoms with Gasteiger partial charge in [-0.25, -0.2) is 19.0 Å². The first kappa shape index (κ1) is 46.1. The van der Waals surface area contributed by atoms with Gasteiger partial charge in [-0.15, -0.1) is 5.10 Å². The van der Waals surface area contributed by atoms with Crippen LogP contribution in [0.5, 0.6) is 0 Å². The number of carbonyl (C=O) groups is 6. The molecule has 7 rings (SSSR count). The van der Waals surface area contributed by atoms with Gasteiger partial charge in [0.1, 0.15) is 23.7 Å². The minimum Gasteiger partial charge on any atom is -0.477 e. The van der Waals surface area contributed by atoms with Crippen molar-refractivity contribution in [3.63, 3.8) is 0 Å². The number of benzene rings is 3. The number of carboxylic acids is 1. The van der Waals surface area contributed by atoms with Crippen LogP contribution in [0.15, 0.2) is 73.1 Å². The summed E-state index contributed by atoms with van der Waals surface area (Å²) in [4.78, 5) is 87.4. The second kappa shape index (κ2) is 19.5. The van der Waals surface area contributed by atoms with E-state index >= 15 is 0 Å². The third-order valence-corrected chi connectivity index (χ3v) is 11.1. The van der Waals surface area contributed by atoms with Gasteiger partial charge in [-0.05, 0) is 118 Å². The first-order valence-electron chi connectivity index (χ1n) is 21.0. The van der Waals surface area contributed by atoms with Crippen molar-refractivity contribution in [2.45, 2.75) is 57.8 Å². The summed E-state index contributed by atoms with van der Waals surface area (Å²) in [7, 11) is 3.98. The van der Waals surface area contributed by atoms with E-state index in [-0.39, 0.29) is 54.2 Å². The number of carbonyl (C=O) groups excluding carboxylic acids is 5. The van der Waals surface area contributed by atoms with E-state index in [1.54, 1.807) is 62.1 Å². The summed E-state index contributed by atoms with van der Waals surface area (Å²) >= 11 is 6.35. The van der Waals surface area contributed by atoms with E-state index in [0.717, 1.165) is 24.0 Å². The number of carboxylic acid groups (broad SMARTS) is 1. The van der Waals surface area contributed by atoms with Crippen molar-refractivity contribution in [3.05, 3.63) is 89.3 Å². The maximum Gasteiger partial charge on any atom is 0.419 e. The molecule has 2 aromatic heterocycles. The summed E-state index contributed by atoms with van der Waals surface area (Å²) in [6.45, 7) is 7.45. The number of fused-ring (bicyclic) bond motifs is 1. The van der Waals surface area contributed by atoms with Crippen molar-refractivity contribution in [1.82, 2.24) is 39.5 Å². The minimum atomic E-state index is -1.37. The normalized spacial score (nSPS) is 15.4. The molecule has 0 bridgehead atoms. The van der Waals surface area contributed by atoms with E-state index in [0.29, 0.717) is 47.0 Å². The van der Waals surface area contributed by atoms with E-state index in [4.69, 9.17) is 21.1 Å². The van der Waals surface area contributed by atoms with Crippen LogP contribution >= 0.6 is 11.6 Å². The predicted octanol–water partition coefficient (Wildman–Crippen LogP) is 4.75. The molecule has 20 nitrogen and oxygen atoms in total. The lowest BCUT2D eigenvalue weighted by Gasteiger charge is -2.38. The van der Waals surface area contributed by atoms with Gasteiger partial charge in [0.05, 0.1) is 29.6 Å². The fourth-order valence-electron chi connectivity index (χ4n) is 7.66. The maximum atomic E-state index is 14.4. The van der Waals surface area contributed by atoms with Crippen molar-refractivity contribution >= 4 is 75.4 Å². The number of ether oxygens (including phenoxy) is 2. The lowest BCUT2D eigenvalue weighted by Crippen LogP contribution is -2.60. The Labute approximate surface area is 379 Å². The molecule has 0 radical (unpaired) electrons. The zero-order valence-electron chi connectivity index (χ0n) is 36.6. The lowest BCUT2D eigenvalue weighted by atomic mass is 10.0. The highest BCUT2D eigenvalue weighted by Gasteiger charge is 2.41. The number of aromatic carboxylic acids is 1. The number of hydrogen-bond acceptors (Lipinski definition) is 12. The number of likely N-dealkylation sites (tertiary alicyclic amines) is 1. The van der Waals surface area contributed by atoms with Gasteiger partial charge in [0.25, 0.3) is 0 Å². The molecule has 3 aromatic carbocycles. The summed E-state index contributed by atoms with van der Waals surface area (Å²) in [5.74, 6) is -3.88. The Bertz CT molecular complexity index is 2580. The Hall–Kier alpha value is -6.90. The molecule has 1 unspecified atom stereocenters. The number of nitrogens with zero attached hydrogens (tertiary/aromatic N) is 9. The molecule has 2 aliphatic heterocycles. The van der Waals surface area contributed by atoms with Crippen molar-refractivity contribution < 1.29 is 43.3 Å². The number of urea groups is 1. The summed E-state index contributed by atoms with van der Waals surface area (Å²) < 4.78 is 13.7. The van der Waals surface area contributed by atoms with Gasteiger partial charge in [-0.3, -0.25) is 14.4 Å². The molecular weight excluding hydrogens is 862 g/mol. The number of aromatic nitrogens is 5. The van der Waals surface area contributed by atoms with Gasteiger partial charge in [0.15, 0.2) is 0 Å². The number of piperazine rings is 1. The van der Waals surface area contributed by atoms with Crippen LogP contribution in [0.2, 0.25) is 5.02 Å². The average Bonchev–Trinajstić information content (AvgIpc) is 3.93. The van der Waals surface area contributed by atoms with Crippen LogP contribution in [0.3, 0.4) is 0 Å². The molecule has 2 fully saturated rings. The Morgan fingerprint density at radius 3 is 2.28 bits per heavy atom. The van der Waals surface area contributed by atoms with Gasteiger partial charge in [0, 0.05) is 60.9 Å². The number of amides is 5. The lowest BCUT2D eigenvalue weighted by molar-refractivity contribution is -0.149. The Balaban J connectivity index is 1.11. The second-order valence-electron chi connectivity index (χ2n) is 17.0. The molecule has 0 aliphatic carbocycles. The van der Waals surface area contributed by atoms with Gasteiger partial charge in [-0.2, -0.15) is 4.68 Å². The SMILES string of the molecule is CN(C)CCOC1CCN(C(=O)Nc2ccc(CC(C(=O)Nc3ccc4c(c3)cc(C(=O)O)n4C(=O)OC(C)(C)C)N3CCN(c4cc(Cl)ccc4-n4cnnn4)C(=O)C3=O)cc2)CC1. The summed E-state index contributed by atoms with van der Waals surface area (Å²) in [6, 6.07) is 15.9. The molecule has 1 atom stereocenters. The Morgan fingerprint density at radius 2 is 1.62 bits per heavy atom. The summed E-state index contributed by atoms with van der Waals surface area (Å²) in [5, 5.41) is 27.6. The number of likely N-dealkylation sites (N-methyl/N-ethyl adjacent to an activating group) is 1. The quantitative estimate of drug-likeness (QED) is 0.136. The first-order chi connectivity index (χ1) is 30.9. The molecule has 0 saturated carbocycles. The van der Waals surface area contributed by atoms with Gasteiger partial charge < -0.3 is 44.8 Å². The smallest absolute Gasteiger partial charge is 0.419 e. The number of anilines is 3. The standard InChI is InChI=1S/C44H50ClN11O9/c1-44(2,3)65-43(63)56-33-13-11-31(23-28(33)24-37(56)41(60)61)47-38(57)36(54-19-18-53(39(58)40(54)59)35-25-29(45)8-12-34(35)55-26-46-49-50-55)22-27-6-9-30(10-7-27)48-42(62)52-16-14-32(15-17-52)64-21-20-51(4)5/h6-13,23-26,32,36H,14-22H2,1-5H3,(H,47,57)(H,48,62)(H,60,61). The number of tetrazole rings is 1. The first-order valence-corrected chi connectivity index (χ1v) is 21.3. The van der Waals surface area contributed by atoms with Crippen LogP contribution in [-0.2, 0) is 30.3 Å². The third-order valence-electron chi connectivity index (χ3n) is 10.9. The van der Waals surface area contributed by atoms with E-state index in [2.05, 4.69) is 31.1 Å². The van der Waals surface area contributed by atoms with E-state index in [1.807, 2.05) is 14.1 Å². The van der Waals surface area contributed by atoms with E-state index < -0.39 is 41.4 Å². The van der Waals surface area contributed by atoms with Crippen LogP contribution in [0.4, 0.5) is 26.7 Å². The van der Waals surface area contributed by atoms with Crippen LogP contribution in [0.1, 0.15) is 49.7 Å². The fraction of sp³-hybridized carbons (Fsp3) is 0.386. The van der Waals surface area contributed by atoms with Crippen molar-refractivity contribution in [3.8, 4) is 5.69 Å². The summed E-state index contributed by atoms with van der Waals surface area (Å²) in [5.41, 5.74) is 1.03. The van der Waals surface area contributed by atoms with Crippen LogP contribution in [0.25, 0.3) is 16.6 Å². The predicted molar refractivity (Wildman–Crippen MR) is 239 cm³/mol. The Morgan fingerprint density at radius 1 is 0.892 bits per heavy atom. The highest BCUT2D eigenvalue weighted by atomic mass is 35.5.